The molecule has 0 fully saturated rings. The molecule has 1 rings (SSSR count). The molecule has 0 saturated carbocycles. The highest BCUT2D eigenvalue weighted by Crippen LogP contribution is 2.24. The van der Waals surface area contributed by atoms with E-state index in [1.54, 1.807) is 6.07 Å². The molecule has 0 unspecified atom stereocenters. The number of aliphatic hydroxyl groups excluding tert-OH is 1. The summed E-state index contributed by atoms with van der Waals surface area (Å²) in [5, 5.41) is 15.3. The van der Waals surface area contributed by atoms with Crippen LogP contribution in [0, 0.1) is 5.41 Å². The zero-order valence-corrected chi connectivity index (χ0v) is 13.5. The Bertz CT molecular complexity index is 479. The molecule has 5 heteroatoms. The highest BCUT2D eigenvalue weighted by molar-refractivity contribution is 5.89. The quantitative estimate of drug-likeness (QED) is 0.777. The highest BCUT2D eigenvalue weighted by Gasteiger charge is 2.19. The lowest BCUT2D eigenvalue weighted by atomic mass is 9.95. The van der Waals surface area contributed by atoms with Crippen molar-refractivity contribution in [1.29, 1.82) is 0 Å². The predicted octanol–water partition coefficient (Wildman–Crippen LogP) is 3.46. The minimum Gasteiger partial charge on any atom is -0.444 e. The summed E-state index contributed by atoms with van der Waals surface area (Å²) in [6.45, 7) is 10.1. The Hall–Kier alpha value is -1.75. The van der Waals surface area contributed by atoms with Crippen LogP contribution in [-0.4, -0.2) is 30.0 Å². The smallest absolute Gasteiger partial charge is 0.412 e. The number of para-hydroxylation sites is 2. The third kappa shape index (κ3) is 6.49. The van der Waals surface area contributed by atoms with E-state index in [1.807, 2.05) is 52.8 Å². The van der Waals surface area contributed by atoms with Crippen molar-refractivity contribution in [3.63, 3.8) is 0 Å². The molecular formula is C16H26N2O3. The van der Waals surface area contributed by atoms with Gasteiger partial charge >= 0.3 is 6.09 Å². The molecule has 1 amide bonds. The molecule has 1 aromatic rings. The van der Waals surface area contributed by atoms with Gasteiger partial charge in [-0.2, -0.15) is 0 Å². The second-order valence-corrected chi connectivity index (χ2v) is 6.85. The Kier molecular flexibility index (Phi) is 5.61. The number of hydrogen-bond acceptors (Lipinski definition) is 4. The van der Waals surface area contributed by atoms with Gasteiger partial charge in [0.1, 0.15) is 5.60 Å². The van der Waals surface area contributed by atoms with Crippen LogP contribution in [0.3, 0.4) is 0 Å². The fourth-order valence-corrected chi connectivity index (χ4v) is 1.55. The van der Waals surface area contributed by atoms with Gasteiger partial charge in [-0.05, 0) is 32.9 Å². The zero-order valence-electron chi connectivity index (χ0n) is 13.5. The van der Waals surface area contributed by atoms with E-state index in [1.165, 1.54) is 0 Å². The van der Waals surface area contributed by atoms with Crippen molar-refractivity contribution in [2.75, 3.05) is 23.8 Å². The van der Waals surface area contributed by atoms with E-state index in [0.717, 1.165) is 5.69 Å². The minimum absolute atomic E-state index is 0.0850. The monoisotopic (exact) mass is 294 g/mol. The van der Waals surface area contributed by atoms with Gasteiger partial charge in [0.15, 0.2) is 0 Å². The Labute approximate surface area is 126 Å². The van der Waals surface area contributed by atoms with Gasteiger partial charge in [-0.1, -0.05) is 26.0 Å². The summed E-state index contributed by atoms with van der Waals surface area (Å²) in [7, 11) is 0. The molecule has 0 bridgehead atoms. The second-order valence-electron chi connectivity index (χ2n) is 6.85. The Morgan fingerprint density at radius 2 is 1.71 bits per heavy atom. The Morgan fingerprint density at radius 3 is 2.24 bits per heavy atom. The number of rotatable bonds is 5. The summed E-state index contributed by atoms with van der Waals surface area (Å²) in [5.41, 5.74) is 0.676. The van der Waals surface area contributed by atoms with Crippen LogP contribution in [0.2, 0.25) is 0 Å². The number of hydrogen-bond donors (Lipinski definition) is 3. The number of carbonyl (C=O) groups is 1. The summed E-state index contributed by atoms with van der Waals surface area (Å²) >= 11 is 0. The highest BCUT2D eigenvalue weighted by atomic mass is 16.6. The molecular weight excluding hydrogens is 268 g/mol. The predicted molar refractivity (Wildman–Crippen MR) is 85.7 cm³/mol. The van der Waals surface area contributed by atoms with E-state index in [9.17, 15) is 9.90 Å². The maximum absolute atomic E-state index is 11.8. The van der Waals surface area contributed by atoms with Crippen molar-refractivity contribution < 1.29 is 14.6 Å². The molecule has 1 aromatic carbocycles. The number of carbonyl (C=O) groups excluding carboxylic acids is 1. The number of nitrogens with one attached hydrogen (secondary N) is 2. The first-order chi connectivity index (χ1) is 9.63. The molecule has 3 N–H and O–H groups in total. The van der Waals surface area contributed by atoms with E-state index < -0.39 is 11.7 Å². The lowest BCUT2D eigenvalue weighted by molar-refractivity contribution is 0.0636. The maximum Gasteiger partial charge on any atom is 0.412 e. The topological polar surface area (TPSA) is 70.6 Å². The van der Waals surface area contributed by atoms with Gasteiger partial charge in [0.2, 0.25) is 0 Å². The van der Waals surface area contributed by atoms with Gasteiger partial charge in [-0.25, -0.2) is 4.79 Å². The number of benzene rings is 1. The molecule has 5 nitrogen and oxygen atoms in total. The van der Waals surface area contributed by atoms with E-state index in [-0.39, 0.29) is 12.0 Å². The number of anilines is 2. The molecule has 0 aliphatic heterocycles. The third-order valence-electron chi connectivity index (χ3n) is 2.75. The van der Waals surface area contributed by atoms with Gasteiger partial charge in [-0.15, -0.1) is 0 Å². The molecule has 0 atom stereocenters. The molecule has 0 radical (unpaired) electrons. The van der Waals surface area contributed by atoms with Crippen LogP contribution in [0.4, 0.5) is 16.2 Å². The Morgan fingerprint density at radius 1 is 1.14 bits per heavy atom. The average Bonchev–Trinajstić information content (AvgIpc) is 2.35. The summed E-state index contributed by atoms with van der Waals surface area (Å²) in [4.78, 5) is 11.8. The molecule has 0 aliphatic carbocycles. The SMILES string of the molecule is CC(C)(CO)CNc1ccccc1NC(=O)OC(C)(C)C. The van der Waals surface area contributed by atoms with Crippen LogP contribution < -0.4 is 10.6 Å². The zero-order chi connectivity index (χ0) is 16.1. The maximum atomic E-state index is 11.8. The molecule has 0 saturated heterocycles. The van der Waals surface area contributed by atoms with Gasteiger partial charge in [0.25, 0.3) is 0 Å². The van der Waals surface area contributed by atoms with Crippen LogP contribution in [0.1, 0.15) is 34.6 Å². The number of aliphatic hydroxyl groups is 1. The molecule has 0 aromatic heterocycles. The molecule has 0 aliphatic rings. The first kappa shape index (κ1) is 17.3. The van der Waals surface area contributed by atoms with Gasteiger partial charge in [0, 0.05) is 18.6 Å². The van der Waals surface area contributed by atoms with E-state index >= 15 is 0 Å². The molecule has 21 heavy (non-hydrogen) atoms. The second kappa shape index (κ2) is 6.80. The van der Waals surface area contributed by atoms with Crippen molar-refractivity contribution in [3.8, 4) is 0 Å². The van der Waals surface area contributed by atoms with E-state index in [2.05, 4.69) is 10.6 Å². The lowest BCUT2D eigenvalue weighted by Crippen LogP contribution is -2.29. The number of amides is 1. The van der Waals surface area contributed by atoms with Crippen LogP contribution in [0.15, 0.2) is 24.3 Å². The average molecular weight is 294 g/mol. The van der Waals surface area contributed by atoms with E-state index in [4.69, 9.17) is 4.74 Å². The standard InChI is InChI=1S/C16H26N2O3/c1-15(2,3)21-14(20)18-13-9-7-6-8-12(13)17-10-16(4,5)11-19/h6-9,17,19H,10-11H2,1-5H3,(H,18,20). The van der Waals surface area contributed by atoms with Crippen molar-refractivity contribution in [1.82, 2.24) is 0 Å². The first-order valence-electron chi connectivity index (χ1n) is 7.07. The van der Waals surface area contributed by atoms with Gasteiger partial charge < -0.3 is 15.2 Å². The van der Waals surface area contributed by atoms with Gasteiger partial charge in [0.05, 0.1) is 11.4 Å². The first-order valence-corrected chi connectivity index (χ1v) is 7.07. The van der Waals surface area contributed by atoms with Crippen molar-refractivity contribution in [3.05, 3.63) is 24.3 Å². The Balaban J connectivity index is 2.73. The van der Waals surface area contributed by atoms with Crippen molar-refractivity contribution in [2.24, 2.45) is 5.41 Å². The lowest BCUT2D eigenvalue weighted by Gasteiger charge is -2.24. The number of ether oxygens (including phenoxy) is 1. The summed E-state index contributed by atoms with van der Waals surface area (Å²) in [6.07, 6.45) is -0.488. The van der Waals surface area contributed by atoms with Crippen molar-refractivity contribution >= 4 is 17.5 Å². The van der Waals surface area contributed by atoms with E-state index in [0.29, 0.717) is 12.2 Å². The molecule has 0 heterocycles. The van der Waals surface area contributed by atoms with Crippen LogP contribution in [0.5, 0.6) is 0 Å². The minimum atomic E-state index is -0.536. The van der Waals surface area contributed by atoms with Crippen LogP contribution in [-0.2, 0) is 4.74 Å². The fraction of sp³-hybridized carbons (Fsp3) is 0.562. The normalized spacial score (nSPS) is 11.9. The summed E-state index contributed by atoms with van der Waals surface area (Å²) < 4.78 is 5.25. The molecule has 118 valence electrons. The van der Waals surface area contributed by atoms with Crippen LogP contribution in [0.25, 0.3) is 0 Å². The third-order valence-corrected chi connectivity index (χ3v) is 2.75. The largest absolute Gasteiger partial charge is 0.444 e. The fourth-order valence-electron chi connectivity index (χ4n) is 1.55. The summed E-state index contributed by atoms with van der Waals surface area (Å²) in [6, 6.07) is 7.40. The van der Waals surface area contributed by atoms with Crippen molar-refractivity contribution in [2.45, 2.75) is 40.2 Å². The molecule has 0 spiro atoms. The van der Waals surface area contributed by atoms with Gasteiger partial charge in [-0.3, -0.25) is 5.32 Å². The van der Waals surface area contributed by atoms with Crippen LogP contribution >= 0.6 is 0 Å². The summed E-state index contributed by atoms with van der Waals surface area (Å²) in [5.74, 6) is 0.